The first-order chi connectivity index (χ1) is 17.9. The Hall–Kier alpha value is -2.51. The summed E-state index contributed by atoms with van der Waals surface area (Å²) in [5.41, 5.74) is 1.61. The predicted octanol–water partition coefficient (Wildman–Crippen LogP) is 2.22. The average molecular weight is 545 g/mol. The Morgan fingerprint density at radius 3 is 2.76 bits per heavy atom. The standard InChI is InChI=1S/C23H24N5O7PS/c29-17-18-15(11-33-36(31,32)35-18)34-21(17)28-19-16(25-23(28)37-13-8-4-5-9-13)20(30)27-10-14(24-22(27)26-19)12-6-2-1-3-7-12/h1-3,6-7,10,13,15,17-18,21,29H,4-5,8-9,11H2,(H,24,26)(H,31,32)/p-1/t15?,17?,18-,21-/m1/s1. The quantitative estimate of drug-likeness (QED) is 0.365. The molecule has 2 N–H and O–H groups in total. The van der Waals surface area contributed by atoms with Crippen LogP contribution in [0.15, 0.2) is 46.5 Å². The number of hydrogen-bond donors (Lipinski definition) is 2. The Morgan fingerprint density at radius 1 is 1.19 bits per heavy atom. The van der Waals surface area contributed by atoms with Gasteiger partial charge < -0.3 is 28.8 Å². The molecule has 7 rings (SSSR count). The monoisotopic (exact) mass is 544 g/mol. The van der Waals surface area contributed by atoms with E-state index in [2.05, 4.69) is 9.97 Å². The largest absolute Gasteiger partial charge is 0.756 e. The number of aromatic amines is 1. The van der Waals surface area contributed by atoms with Gasteiger partial charge >= 0.3 is 0 Å². The van der Waals surface area contributed by atoms with E-state index in [0.717, 1.165) is 31.2 Å². The highest BCUT2D eigenvalue weighted by atomic mass is 32.2. The minimum absolute atomic E-state index is 0.133. The van der Waals surface area contributed by atoms with Gasteiger partial charge in [0.2, 0.25) is 5.78 Å². The maximum absolute atomic E-state index is 13.6. The van der Waals surface area contributed by atoms with Crippen LogP contribution in [0.1, 0.15) is 31.9 Å². The van der Waals surface area contributed by atoms with Crippen LogP contribution in [0.2, 0.25) is 0 Å². The number of rotatable bonds is 4. The predicted molar refractivity (Wildman–Crippen MR) is 131 cm³/mol. The Morgan fingerprint density at radius 2 is 1.97 bits per heavy atom. The van der Waals surface area contributed by atoms with Gasteiger partial charge in [-0.25, -0.2) is 9.38 Å². The van der Waals surface area contributed by atoms with Gasteiger partial charge in [0.15, 0.2) is 22.5 Å². The van der Waals surface area contributed by atoms with Crippen LogP contribution >= 0.6 is 19.6 Å². The van der Waals surface area contributed by atoms with Gasteiger partial charge in [-0.2, -0.15) is 4.98 Å². The molecule has 194 valence electrons. The Balaban J connectivity index is 1.38. The first kappa shape index (κ1) is 23.6. The molecule has 5 atom stereocenters. The molecule has 1 aromatic carbocycles. The van der Waals surface area contributed by atoms with Gasteiger partial charge in [-0.3, -0.25) is 13.9 Å². The van der Waals surface area contributed by atoms with Gasteiger partial charge in [0.25, 0.3) is 13.4 Å². The highest BCUT2D eigenvalue weighted by molar-refractivity contribution is 7.99. The second-order valence-corrected chi connectivity index (χ2v) is 12.1. The number of phosphoric acid groups is 1. The van der Waals surface area contributed by atoms with Crippen molar-refractivity contribution < 1.29 is 28.3 Å². The summed E-state index contributed by atoms with van der Waals surface area (Å²) in [6, 6.07) is 9.56. The van der Waals surface area contributed by atoms with Gasteiger partial charge in [-0.15, -0.1) is 0 Å². The van der Waals surface area contributed by atoms with Gasteiger partial charge in [-0.1, -0.05) is 54.9 Å². The zero-order valence-electron chi connectivity index (χ0n) is 19.4. The molecule has 3 aromatic heterocycles. The molecule has 14 heteroatoms. The number of fused-ring (bicyclic) bond motifs is 3. The number of benzene rings is 1. The van der Waals surface area contributed by atoms with E-state index in [4.69, 9.17) is 18.8 Å². The molecule has 12 nitrogen and oxygen atoms in total. The molecule has 5 heterocycles. The van der Waals surface area contributed by atoms with E-state index in [1.165, 1.54) is 16.2 Å². The van der Waals surface area contributed by atoms with Crippen molar-refractivity contribution in [2.75, 3.05) is 6.61 Å². The van der Waals surface area contributed by atoms with Gasteiger partial charge in [0, 0.05) is 11.4 Å². The number of ether oxygens (including phenoxy) is 1. The van der Waals surface area contributed by atoms with Crippen molar-refractivity contribution in [1.29, 1.82) is 0 Å². The molecule has 3 unspecified atom stereocenters. The summed E-state index contributed by atoms with van der Waals surface area (Å²) in [6.07, 6.45) is 1.58. The van der Waals surface area contributed by atoms with Gasteiger partial charge in [-0.05, 0) is 18.4 Å². The van der Waals surface area contributed by atoms with E-state index in [1.54, 1.807) is 10.8 Å². The van der Waals surface area contributed by atoms with Crippen LogP contribution < -0.4 is 10.5 Å². The second kappa shape index (κ2) is 8.77. The highest BCUT2D eigenvalue weighted by Gasteiger charge is 2.51. The van der Waals surface area contributed by atoms with Crippen LogP contribution in [0.25, 0.3) is 28.2 Å². The lowest BCUT2D eigenvalue weighted by Crippen LogP contribution is -2.41. The van der Waals surface area contributed by atoms with Gasteiger partial charge in [0.05, 0.1) is 12.3 Å². The Labute approximate surface area is 214 Å². The number of phosphoric ester groups is 1. The lowest BCUT2D eigenvalue weighted by atomic mass is 10.1. The van der Waals surface area contributed by atoms with E-state index in [1.807, 2.05) is 30.3 Å². The van der Waals surface area contributed by atoms with Gasteiger partial charge in [0.1, 0.15) is 18.3 Å². The Bertz CT molecular complexity index is 1600. The third-order valence-corrected chi connectivity index (χ3v) is 9.36. The number of hydrogen-bond acceptors (Lipinski definition) is 10. The first-order valence-electron chi connectivity index (χ1n) is 12.1. The normalized spacial score (nSPS) is 30.4. The Kier molecular flexibility index (Phi) is 5.59. The fraction of sp³-hybridized carbons (Fsp3) is 0.435. The molecule has 3 fully saturated rings. The van der Waals surface area contributed by atoms with E-state index < -0.39 is 32.4 Å². The smallest absolute Gasteiger partial charge is 0.287 e. The van der Waals surface area contributed by atoms with E-state index in [-0.39, 0.29) is 23.3 Å². The fourth-order valence-corrected chi connectivity index (χ4v) is 7.55. The number of aromatic nitrogens is 5. The topological polar surface area (TPSA) is 156 Å². The fourth-order valence-electron chi connectivity index (χ4n) is 5.28. The highest BCUT2D eigenvalue weighted by Crippen LogP contribution is 2.50. The van der Waals surface area contributed by atoms with Crippen molar-refractivity contribution in [3.8, 4) is 11.3 Å². The maximum atomic E-state index is 13.6. The van der Waals surface area contributed by atoms with Crippen molar-refractivity contribution in [2.45, 2.75) is 60.6 Å². The van der Waals surface area contributed by atoms with Crippen LogP contribution in [0.5, 0.6) is 0 Å². The number of thioether (sulfide) groups is 1. The molecule has 1 saturated carbocycles. The molecular weight excluding hydrogens is 521 g/mol. The number of aliphatic hydroxyl groups excluding tert-OH is 1. The molecule has 4 aromatic rings. The van der Waals surface area contributed by atoms with Crippen LogP contribution in [-0.4, -0.2) is 59.2 Å². The molecule has 3 aliphatic rings. The summed E-state index contributed by atoms with van der Waals surface area (Å²) in [4.78, 5) is 38.0. The average Bonchev–Trinajstić information content (AvgIpc) is 3.67. The molecular formula is C23H23N5O7PS-. The van der Waals surface area contributed by atoms with Crippen LogP contribution in [-0.2, 0) is 18.3 Å². The molecule has 0 bridgehead atoms. The molecule has 2 saturated heterocycles. The summed E-state index contributed by atoms with van der Waals surface area (Å²) < 4.78 is 30.8. The number of nitrogens with zero attached hydrogens (tertiary/aromatic N) is 4. The van der Waals surface area contributed by atoms with Crippen LogP contribution in [0.4, 0.5) is 0 Å². The van der Waals surface area contributed by atoms with E-state index in [0.29, 0.717) is 21.9 Å². The van der Waals surface area contributed by atoms with Crippen molar-refractivity contribution in [2.24, 2.45) is 0 Å². The maximum Gasteiger partial charge on any atom is 0.287 e. The van der Waals surface area contributed by atoms with Crippen molar-refractivity contribution in [3.05, 3.63) is 46.9 Å². The summed E-state index contributed by atoms with van der Waals surface area (Å²) in [6.45, 7) is -0.270. The van der Waals surface area contributed by atoms with Crippen molar-refractivity contribution in [1.82, 2.24) is 23.9 Å². The summed E-state index contributed by atoms with van der Waals surface area (Å²) >= 11 is 1.52. The molecule has 0 radical (unpaired) electrons. The molecule has 37 heavy (non-hydrogen) atoms. The second-order valence-electron chi connectivity index (χ2n) is 9.47. The van der Waals surface area contributed by atoms with Crippen LogP contribution in [0.3, 0.4) is 0 Å². The third-order valence-electron chi connectivity index (χ3n) is 7.09. The minimum atomic E-state index is -4.54. The van der Waals surface area contributed by atoms with E-state index >= 15 is 0 Å². The molecule has 2 aliphatic heterocycles. The summed E-state index contributed by atoms with van der Waals surface area (Å²) in [5, 5.41) is 11.9. The molecule has 1 aliphatic carbocycles. The zero-order chi connectivity index (χ0) is 25.3. The number of nitrogens with one attached hydrogen (secondary N) is 1. The number of imidazole rings is 2. The first-order valence-corrected chi connectivity index (χ1v) is 14.4. The summed E-state index contributed by atoms with van der Waals surface area (Å²) in [7, 11) is -4.54. The van der Waals surface area contributed by atoms with Crippen LogP contribution in [0, 0.1) is 0 Å². The zero-order valence-corrected chi connectivity index (χ0v) is 21.1. The third kappa shape index (κ3) is 3.97. The van der Waals surface area contributed by atoms with E-state index in [9.17, 15) is 19.4 Å². The minimum Gasteiger partial charge on any atom is -0.756 e. The molecule has 0 spiro atoms. The summed E-state index contributed by atoms with van der Waals surface area (Å²) in [5.74, 6) is 0.309. The lowest BCUT2D eigenvalue weighted by molar-refractivity contribution is -0.245. The van der Waals surface area contributed by atoms with Crippen molar-refractivity contribution >= 4 is 36.5 Å². The SMILES string of the molecule is O=c1c2nc(SC3CCCC3)n([C@@H]3OC4COP(=O)([O-])O[C@H]4C3O)c2nc2[nH]c(-c3ccccc3)cn12. The van der Waals surface area contributed by atoms with Crippen molar-refractivity contribution in [3.63, 3.8) is 0 Å². The number of H-pyrrole nitrogens is 1. The lowest BCUT2D eigenvalue weighted by Gasteiger charge is -2.34. The molecule has 0 amide bonds. The number of aliphatic hydroxyl groups is 1.